The van der Waals surface area contributed by atoms with E-state index in [1.54, 1.807) is 43.3 Å². The summed E-state index contributed by atoms with van der Waals surface area (Å²) in [6.45, 7) is 3.58. The molecule has 0 heterocycles. The standard InChI is InChI=1S/C16H16ClNO2/c1-10-3-4-13(9-15(10)17)16(20)18-14-7-5-12(6-8-14)11(2)19/h3-9,11,19H,1-2H3,(H,18,20)/t11-/m0/s1. The molecule has 4 heteroatoms. The second kappa shape index (κ2) is 6.07. The maximum absolute atomic E-state index is 12.1. The number of anilines is 1. The van der Waals surface area contributed by atoms with Gasteiger partial charge in [-0.05, 0) is 49.2 Å². The van der Waals surface area contributed by atoms with Crippen molar-refractivity contribution in [3.05, 3.63) is 64.2 Å². The molecule has 0 saturated carbocycles. The minimum atomic E-state index is -0.518. The third kappa shape index (κ3) is 3.38. The lowest BCUT2D eigenvalue weighted by Gasteiger charge is -2.08. The van der Waals surface area contributed by atoms with Crippen molar-refractivity contribution < 1.29 is 9.90 Å². The summed E-state index contributed by atoms with van der Waals surface area (Å²) in [6.07, 6.45) is -0.518. The lowest BCUT2D eigenvalue weighted by atomic mass is 10.1. The van der Waals surface area contributed by atoms with Crippen LogP contribution < -0.4 is 5.32 Å². The van der Waals surface area contributed by atoms with Crippen LogP contribution in [0.5, 0.6) is 0 Å². The van der Waals surface area contributed by atoms with Crippen LogP contribution in [-0.4, -0.2) is 11.0 Å². The van der Waals surface area contributed by atoms with Gasteiger partial charge in [-0.15, -0.1) is 0 Å². The summed E-state index contributed by atoms with van der Waals surface area (Å²) < 4.78 is 0. The van der Waals surface area contributed by atoms with E-state index in [9.17, 15) is 9.90 Å². The molecular formula is C16H16ClNO2. The van der Waals surface area contributed by atoms with E-state index in [-0.39, 0.29) is 5.91 Å². The zero-order chi connectivity index (χ0) is 14.7. The predicted octanol–water partition coefficient (Wildman–Crippen LogP) is 3.95. The van der Waals surface area contributed by atoms with Crippen molar-refractivity contribution >= 4 is 23.2 Å². The number of nitrogens with one attached hydrogen (secondary N) is 1. The molecule has 2 aromatic carbocycles. The van der Waals surface area contributed by atoms with Crippen LogP contribution in [0.4, 0.5) is 5.69 Å². The second-order valence-corrected chi connectivity index (χ2v) is 5.12. The number of benzene rings is 2. The number of carbonyl (C=O) groups is 1. The number of aliphatic hydroxyl groups is 1. The van der Waals surface area contributed by atoms with E-state index in [0.717, 1.165) is 11.1 Å². The quantitative estimate of drug-likeness (QED) is 0.899. The Bertz CT molecular complexity index is 621. The van der Waals surface area contributed by atoms with Gasteiger partial charge in [0.25, 0.3) is 5.91 Å². The fourth-order valence-electron chi connectivity index (χ4n) is 1.78. The fourth-order valence-corrected chi connectivity index (χ4v) is 1.96. The lowest BCUT2D eigenvalue weighted by Crippen LogP contribution is -2.12. The topological polar surface area (TPSA) is 49.3 Å². The van der Waals surface area contributed by atoms with E-state index in [0.29, 0.717) is 16.3 Å². The van der Waals surface area contributed by atoms with Gasteiger partial charge in [0.2, 0.25) is 0 Å². The van der Waals surface area contributed by atoms with Gasteiger partial charge in [0, 0.05) is 16.3 Å². The Morgan fingerprint density at radius 1 is 1.20 bits per heavy atom. The van der Waals surface area contributed by atoms with Crippen molar-refractivity contribution in [2.75, 3.05) is 5.32 Å². The fraction of sp³-hybridized carbons (Fsp3) is 0.188. The van der Waals surface area contributed by atoms with Crippen LogP contribution in [0.25, 0.3) is 0 Å². The van der Waals surface area contributed by atoms with Gasteiger partial charge in [0.05, 0.1) is 6.10 Å². The zero-order valence-corrected chi connectivity index (χ0v) is 12.1. The SMILES string of the molecule is Cc1ccc(C(=O)Nc2ccc([C@H](C)O)cc2)cc1Cl. The van der Waals surface area contributed by atoms with Gasteiger partial charge < -0.3 is 10.4 Å². The molecule has 104 valence electrons. The molecule has 20 heavy (non-hydrogen) atoms. The molecule has 0 aliphatic carbocycles. The first kappa shape index (κ1) is 14.6. The van der Waals surface area contributed by atoms with Gasteiger partial charge in [0.15, 0.2) is 0 Å². The first-order valence-electron chi connectivity index (χ1n) is 6.33. The van der Waals surface area contributed by atoms with Crippen molar-refractivity contribution in [3.8, 4) is 0 Å². The Labute approximate surface area is 123 Å². The number of hydrogen-bond acceptors (Lipinski definition) is 2. The van der Waals surface area contributed by atoms with Gasteiger partial charge in [-0.2, -0.15) is 0 Å². The van der Waals surface area contributed by atoms with Crippen molar-refractivity contribution in [1.29, 1.82) is 0 Å². The molecule has 0 fully saturated rings. The number of aryl methyl sites for hydroxylation is 1. The number of hydrogen-bond donors (Lipinski definition) is 2. The molecule has 0 aliphatic rings. The van der Waals surface area contributed by atoms with E-state index < -0.39 is 6.10 Å². The van der Waals surface area contributed by atoms with E-state index in [4.69, 9.17) is 11.6 Å². The van der Waals surface area contributed by atoms with Crippen molar-refractivity contribution in [1.82, 2.24) is 0 Å². The highest BCUT2D eigenvalue weighted by molar-refractivity contribution is 6.31. The summed E-state index contributed by atoms with van der Waals surface area (Å²) in [5.41, 5.74) is 2.93. The van der Waals surface area contributed by atoms with Gasteiger partial charge in [-0.3, -0.25) is 4.79 Å². The smallest absolute Gasteiger partial charge is 0.255 e. The molecule has 0 spiro atoms. The summed E-state index contributed by atoms with van der Waals surface area (Å²) in [5.74, 6) is -0.211. The molecule has 0 radical (unpaired) electrons. The van der Waals surface area contributed by atoms with E-state index in [1.807, 2.05) is 13.0 Å². The highest BCUT2D eigenvalue weighted by Gasteiger charge is 2.08. The molecule has 0 unspecified atom stereocenters. The van der Waals surface area contributed by atoms with E-state index >= 15 is 0 Å². The van der Waals surface area contributed by atoms with Crippen LogP contribution in [-0.2, 0) is 0 Å². The molecule has 2 aromatic rings. The number of amides is 1. The second-order valence-electron chi connectivity index (χ2n) is 4.72. The Hall–Kier alpha value is -1.84. The maximum atomic E-state index is 12.1. The summed E-state index contributed by atoms with van der Waals surface area (Å²) in [5, 5.41) is 12.8. The third-order valence-corrected chi connectivity index (χ3v) is 3.49. The van der Waals surface area contributed by atoms with Crippen LogP contribution in [0.15, 0.2) is 42.5 Å². The van der Waals surface area contributed by atoms with Gasteiger partial charge in [-0.1, -0.05) is 29.8 Å². The first-order valence-corrected chi connectivity index (χ1v) is 6.70. The average Bonchev–Trinajstić information content (AvgIpc) is 2.42. The zero-order valence-electron chi connectivity index (χ0n) is 11.4. The number of rotatable bonds is 3. The molecule has 2 rings (SSSR count). The molecule has 1 atom stereocenters. The molecule has 3 nitrogen and oxygen atoms in total. The largest absolute Gasteiger partial charge is 0.389 e. The Morgan fingerprint density at radius 2 is 1.85 bits per heavy atom. The maximum Gasteiger partial charge on any atom is 0.255 e. The third-order valence-electron chi connectivity index (χ3n) is 3.08. The molecule has 0 aliphatic heterocycles. The van der Waals surface area contributed by atoms with Crippen LogP contribution in [0, 0.1) is 6.92 Å². The van der Waals surface area contributed by atoms with Gasteiger partial charge >= 0.3 is 0 Å². The van der Waals surface area contributed by atoms with Gasteiger partial charge in [0.1, 0.15) is 0 Å². The summed E-state index contributed by atoms with van der Waals surface area (Å²) in [6, 6.07) is 12.3. The van der Waals surface area contributed by atoms with Crippen molar-refractivity contribution in [2.24, 2.45) is 0 Å². The molecule has 0 bridgehead atoms. The van der Waals surface area contributed by atoms with Crippen molar-refractivity contribution in [2.45, 2.75) is 20.0 Å². The molecule has 0 aromatic heterocycles. The van der Waals surface area contributed by atoms with Gasteiger partial charge in [-0.25, -0.2) is 0 Å². The minimum absolute atomic E-state index is 0.211. The van der Waals surface area contributed by atoms with Crippen LogP contribution in [0.1, 0.15) is 34.5 Å². The first-order chi connectivity index (χ1) is 9.47. The molecule has 0 saturated heterocycles. The van der Waals surface area contributed by atoms with E-state index in [2.05, 4.69) is 5.32 Å². The van der Waals surface area contributed by atoms with Crippen molar-refractivity contribution in [3.63, 3.8) is 0 Å². The Morgan fingerprint density at radius 3 is 2.40 bits per heavy atom. The number of carbonyl (C=O) groups excluding carboxylic acids is 1. The number of aliphatic hydroxyl groups excluding tert-OH is 1. The highest BCUT2D eigenvalue weighted by atomic mass is 35.5. The monoisotopic (exact) mass is 289 g/mol. The Kier molecular flexibility index (Phi) is 4.42. The minimum Gasteiger partial charge on any atom is -0.389 e. The van der Waals surface area contributed by atoms with E-state index in [1.165, 1.54) is 0 Å². The molecule has 2 N–H and O–H groups in total. The summed E-state index contributed by atoms with van der Waals surface area (Å²) in [7, 11) is 0. The summed E-state index contributed by atoms with van der Waals surface area (Å²) >= 11 is 6.01. The van der Waals surface area contributed by atoms with Crippen LogP contribution in [0.2, 0.25) is 5.02 Å². The lowest BCUT2D eigenvalue weighted by molar-refractivity contribution is 0.102. The average molecular weight is 290 g/mol. The highest BCUT2D eigenvalue weighted by Crippen LogP contribution is 2.19. The molecule has 1 amide bonds. The summed E-state index contributed by atoms with van der Waals surface area (Å²) in [4.78, 5) is 12.1. The van der Waals surface area contributed by atoms with Crippen LogP contribution in [0.3, 0.4) is 0 Å². The normalized spacial score (nSPS) is 12.0. The predicted molar refractivity (Wildman–Crippen MR) is 81.2 cm³/mol. The Balaban J connectivity index is 2.12. The number of halogens is 1. The van der Waals surface area contributed by atoms with Crippen LogP contribution >= 0.6 is 11.6 Å². The molecular weight excluding hydrogens is 274 g/mol.